The number of nitrogens with zero attached hydrogens (tertiary/aromatic N) is 2. The minimum absolute atomic E-state index is 0.0229. The lowest BCUT2D eigenvalue weighted by atomic mass is 9.86. The molecule has 0 N–H and O–H groups in total. The van der Waals surface area contributed by atoms with Gasteiger partial charge in [-0.2, -0.15) is 8.42 Å². The van der Waals surface area contributed by atoms with Gasteiger partial charge < -0.3 is 14.5 Å². The Labute approximate surface area is 248 Å². The molecule has 0 aromatic heterocycles. The van der Waals surface area contributed by atoms with Crippen LogP contribution in [0.4, 0.5) is 11.4 Å². The zero-order valence-electron chi connectivity index (χ0n) is 24.5. The molecule has 1 amide bonds. The molecule has 1 saturated carbocycles. The molecule has 3 aromatic carbocycles. The average molecular weight is 591 g/mol. The first-order valence-electron chi connectivity index (χ1n) is 13.9. The van der Waals surface area contributed by atoms with Gasteiger partial charge in [-0.1, -0.05) is 48.5 Å². The Morgan fingerprint density at radius 1 is 0.881 bits per heavy atom. The number of benzene rings is 3. The third-order valence-electron chi connectivity index (χ3n) is 7.41. The maximum absolute atomic E-state index is 14.0. The van der Waals surface area contributed by atoms with E-state index < -0.39 is 22.2 Å². The summed E-state index contributed by atoms with van der Waals surface area (Å²) in [6.07, 6.45) is 5.74. The summed E-state index contributed by atoms with van der Waals surface area (Å²) in [6.45, 7) is 0.364. The summed E-state index contributed by atoms with van der Waals surface area (Å²) < 4.78 is 33.0. The third kappa shape index (κ3) is 8.53. The number of hydrogen-bond donors (Lipinski definition) is 0. The summed E-state index contributed by atoms with van der Waals surface area (Å²) in [7, 11) is 1.80. The fraction of sp³-hybridized carbons (Fsp3) is 0.333. The number of carbonyl (C=O) groups is 2. The molecule has 222 valence electrons. The van der Waals surface area contributed by atoms with Gasteiger partial charge in [0.2, 0.25) is 5.91 Å². The first-order chi connectivity index (χ1) is 20.0. The summed E-state index contributed by atoms with van der Waals surface area (Å²) in [6, 6.07) is 24.0. The molecule has 9 heteroatoms. The number of rotatable bonds is 10. The molecule has 0 unspecified atom stereocenters. The van der Waals surface area contributed by atoms with E-state index in [1.54, 1.807) is 11.0 Å². The second-order valence-electron chi connectivity index (χ2n) is 10.8. The number of carbonyl (C=O) groups excluding carboxylic acids is 2. The SMILES string of the molecule is COC(=O)/C=C/c1cccc(N(Cc2ccc(-c3ccc(N(C)C)cc3)cc2)C(=O)C2CCC(OS(C)(=O)=O)CC2)c1. The lowest BCUT2D eigenvalue weighted by molar-refractivity contribution is -0.134. The number of anilines is 2. The van der Waals surface area contributed by atoms with Gasteiger partial charge in [-0.05, 0) is 78.3 Å². The molecule has 4 rings (SSSR count). The van der Waals surface area contributed by atoms with Crippen molar-refractivity contribution < 1.29 is 26.9 Å². The van der Waals surface area contributed by atoms with Gasteiger partial charge in [0, 0.05) is 37.5 Å². The molecule has 0 atom stereocenters. The summed E-state index contributed by atoms with van der Waals surface area (Å²) >= 11 is 0. The van der Waals surface area contributed by atoms with E-state index in [2.05, 4.69) is 41.3 Å². The zero-order chi connectivity index (χ0) is 30.3. The van der Waals surface area contributed by atoms with Crippen LogP contribution in [0.3, 0.4) is 0 Å². The van der Waals surface area contributed by atoms with Crippen molar-refractivity contribution in [1.29, 1.82) is 0 Å². The molecular weight excluding hydrogens is 552 g/mol. The van der Waals surface area contributed by atoms with E-state index in [1.807, 2.05) is 50.5 Å². The number of esters is 1. The van der Waals surface area contributed by atoms with Crippen molar-refractivity contribution in [2.75, 3.05) is 37.3 Å². The molecule has 0 heterocycles. The fourth-order valence-corrected chi connectivity index (χ4v) is 5.82. The van der Waals surface area contributed by atoms with Gasteiger partial charge in [0.15, 0.2) is 0 Å². The van der Waals surface area contributed by atoms with E-state index in [1.165, 1.54) is 13.2 Å². The lowest BCUT2D eigenvalue weighted by Crippen LogP contribution is -2.38. The molecule has 0 spiro atoms. The van der Waals surface area contributed by atoms with Gasteiger partial charge in [-0.25, -0.2) is 4.79 Å². The normalized spacial score (nSPS) is 17.1. The zero-order valence-corrected chi connectivity index (χ0v) is 25.3. The van der Waals surface area contributed by atoms with E-state index in [0.717, 1.165) is 34.2 Å². The molecule has 0 aliphatic heterocycles. The van der Waals surface area contributed by atoms with Crippen LogP contribution in [0, 0.1) is 5.92 Å². The quantitative estimate of drug-likeness (QED) is 0.171. The number of amides is 1. The van der Waals surface area contributed by atoms with Crippen molar-refractivity contribution in [2.24, 2.45) is 5.92 Å². The first-order valence-corrected chi connectivity index (χ1v) is 15.8. The highest BCUT2D eigenvalue weighted by atomic mass is 32.2. The van der Waals surface area contributed by atoms with Crippen molar-refractivity contribution in [3.8, 4) is 11.1 Å². The van der Waals surface area contributed by atoms with E-state index in [-0.39, 0.29) is 11.8 Å². The van der Waals surface area contributed by atoms with Crippen LogP contribution in [0.1, 0.15) is 36.8 Å². The molecule has 1 aliphatic rings. The highest BCUT2D eigenvalue weighted by Gasteiger charge is 2.32. The van der Waals surface area contributed by atoms with Crippen LogP contribution in [0.25, 0.3) is 17.2 Å². The Hall–Kier alpha value is -3.95. The lowest BCUT2D eigenvalue weighted by Gasteiger charge is -2.32. The monoisotopic (exact) mass is 590 g/mol. The van der Waals surface area contributed by atoms with Crippen LogP contribution < -0.4 is 9.80 Å². The average Bonchev–Trinajstić information content (AvgIpc) is 2.98. The van der Waals surface area contributed by atoms with Crippen molar-refractivity contribution in [3.63, 3.8) is 0 Å². The van der Waals surface area contributed by atoms with Gasteiger partial charge in [0.05, 0.1) is 26.0 Å². The number of ether oxygens (including phenoxy) is 1. The summed E-state index contributed by atoms with van der Waals surface area (Å²) in [5.74, 6) is -0.740. The number of methoxy groups -OCH3 is 1. The molecule has 1 fully saturated rings. The standard InChI is InChI=1S/C33H38N2O6S/c1-34(2)29-17-13-27(14-18-29)26-11-8-25(9-12-26)23-35(30-7-5-6-24(22-30)10-21-32(36)40-3)33(37)28-15-19-31(20-16-28)41-42(4,38)39/h5-14,17-18,21-22,28,31H,15-16,19-20,23H2,1-4H3/b21-10+. The van der Waals surface area contributed by atoms with E-state index in [4.69, 9.17) is 8.92 Å². The van der Waals surface area contributed by atoms with Gasteiger partial charge in [0.25, 0.3) is 10.1 Å². The Balaban J connectivity index is 1.57. The molecule has 42 heavy (non-hydrogen) atoms. The summed E-state index contributed by atoms with van der Waals surface area (Å²) in [5, 5.41) is 0. The van der Waals surface area contributed by atoms with Gasteiger partial charge >= 0.3 is 5.97 Å². The van der Waals surface area contributed by atoms with Gasteiger partial charge in [-0.15, -0.1) is 0 Å². The van der Waals surface area contributed by atoms with Crippen LogP contribution in [-0.4, -0.2) is 53.9 Å². The second kappa shape index (κ2) is 13.8. The van der Waals surface area contributed by atoms with Gasteiger partial charge in [0.1, 0.15) is 0 Å². The van der Waals surface area contributed by atoms with E-state index >= 15 is 0 Å². The van der Waals surface area contributed by atoms with Gasteiger partial charge in [-0.3, -0.25) is 8.98 Å². The van der Waals surface area contributed by atoms with Crippen molar-refractivity contribution in [2.45, 2.75) is 38.3 Å². The van der Waals surface area contributed by atoms with Crippen molar-refractivity contribution >= 4 is 39.4 Å². The van der Waals surface area contributed by atoms with Crippen LogP contribution in [-0.2, 0) is 35.2 Å². The molecular formula is C33H38N2O6S. The predicted octanol–water partition coefficient (Wildman–Crippen LogP) is 5.67. The Morgan fingerprint density at radius 3 is 2.07 bits per heavy atom. The van der Waals surface area contributed by atoms with E-state index in [9.17, 15) is 18.0 Å². The third-order valence-corrected chi connectivity index (χ3v) is 8.03. The van der Waals surface area contributed by atoms with Crippen LogP contribution in [0.15, 0.2) is 78.9 Å². The molecule has 1 aliphatic carbocycles. The minimum Gasteiger partial charge on any atom is -0.466 e. The minimum atomic E-state index is -3.55. The Bertz CT molecular complexity index is 1510. The van der Waals surface area contributed by atoms with Crippen LogP contribution >= 0.6 is 0 Å². The smallest absolute Gasteiger partial charge is 0.330 e. The molecule has 8 nitrogen and oxygen atoms in total. The Kier molecular flexibility index (Phi) is 10.2. The van der Waals surface area contributed by atoms with Crippen molar-refractivity contribution in [1.82, 2.24) is 0 Å². The highest BCUT2D eigenvalue weighted by Crippen LogP contribution is 2.32. The fourth-order valence-electron chi connectivity index (χ4n) is 5.14. The molecule has 0 bridgehead atoms. The summed E-state index contributed by atoms with van der Waals surface area (Å²) in [5.41, 5.74) is 5.77. The molecule has 0 saturated heterocycles. The maximum Gasteiger partial charge on any atom is 0.330 e. The largest absolute Gasteiger partial charge is 0.466 e. The number of hydrogen-bond acceptors (Lipinski definition) is 7. The van der Waals surface area contributed by atoms with Crippen LogP contribution in [0.2, 0.25) is 0 Å². The maximum atomic E-state index is 14.0. The van der Waals surface area contributed by atoms with Crippen LogP contribution in [0.5, 0.6) is 0 Å². The Morgan fingerprint density at radius 2 is 1.50 bits per heavy atom. The molecule has 0 radical (unpaired) electrons. The highest BCUT2D eigenvalue weighted by molar-refractivity contribution is 7.86. The topological polar surface area (TPSA) is 93.2 Å². The summed E-state index contributed by atoms with van der Waals surface area (Å²) in [4.78, 5) is 29.4. The molecule has 3 aromatic rings. The van der Waals surface area contributed by atoms with Crippen molar-refractivity contribution in [3.05, 3.63) is 90.0 Å². The van der Waals surface area contributed by atoms with E-state index in [0.29, 0.717) is 37.9 Å². The predicted molar refractivity (Wildman–Crippen MR) is 167 cm³/mol. The second-order valence-corrected chi connectivity index (χ2v) is 12.4. The first kappa shape index (κ1) is 31.0.